The van der Waals surface area contributed by atoms with Crippen LogP contribution in [0.5, 0.6) is 0 Å². The van der Waals surface area contributed by atoms with Crippen LogP contribution in [0.15, 0.2) is 29.3 Å². The van der Waals surface area contributed by atoms with Crippen molar-refractivity contribution in [3.05, 3.63) is 30.0 Å². The number of nitrogens with two attached hydrogens (primary N) is 7. The number of likely N-dealkylation sites (tertiary alicyclic amines) is 1. The zero-order valence-corrected chi connectivity index (χ0v) is 41.7. The van der Waals surface area contributed by atoms with E-state index in [-0.39, 0.29) is 76.2 Å². The van der Waals surface area contributed by atoms with Crippen LogP contribution in [0.3, 0.4) is 0 Å². The highest BCUT2D eigenvalue weighted by Crippen LogP contribution is 2.20. The van der Waals surface area contributed by atoms with Crippen molar-refractivity contribution in [3.63, 3.8) is 0 Å². The standard InChI is InChI=1S/C44H78N18O11/c1-25(56-41(70)35(33(63)21-48)61-37(66)27(49)10-3-5-15-45)36(65)54-23-34(64)57-29(12-7-17-47)42(71)62-19-9-14-32(62)40(69)60-31(20-26-22-52-24-55-26)39(68)58-28(11-4-6-16-46)38(67)59-30(43(72)73-2)13-8-18-53-44(50)51/h13,22,24-25,27-29,31-33,35,63H,3-12,14-21,23,45-49H2,1-2H3,(H,52,55)(H,54,65)(H,56,70)(H,57,64)(H,58,68)(H,59,67)(H,60,69)(H,61,66)(H4,50,51,53)/b30-13-/t25-,27-,28-,29+,31-,32-,33-,35-/m0/s1. The molecule has 29 nitrogen and oxygen atoms in total. The number of ether oxygens (including phenoxy) is 1. The fourth-order valence-corrected chi connectivity index (χ4v) is 7.43. The number of imidazole rings is 1. The van der Waals surface area contributed by atoms with E-state index in [1.807, 2.05) is 0 Å². The molecule has 2 rings (SSSR count). The van der Waals surface area contributed by atoms with Crippen LogP contribution in [0.2, 0.25) is 0 Å². The maximum atomic E-state index is 14.2. The van der Waals surface area contributed by atoms with Crippen molar-refractivity contribution in [1.29, 1.82) is 0 Å². The summed E-state index contributed by atoms with van der Waals surface area (Å²) in [5.41, 5.74) is 39.4. The van der Waals surface area contributed by atoms with Gasteiger partial charge in [-0.15, -0.1) is 0 Å². The van der Waals surface area contributed by atoms with Crippen molar-refractivity contribution >= 4 is 59.2 Å². The molecule has 1 aromatic heterocycles. The highest BCUT2D eigenvalue weighted by atomic mass is 16.5. The molecule has 8 amide bonds. The van der Waals surface area contributed by atoms with Crippen LogP contribution in [0.4, 0.5) is 0 Å². The summed E-state index contributed by atoms with van der Waals surface area (Å²) in [6, 6.07) is -8.68. The van der Waals surface area contributed by atoms with Crippen molar-refractivity contribution in [2.45, 2.75) is 132 Å². The van der Waals surface area contributed by atoms with Crippen LogP contribution in [0.25, 0.3) is 0 Å². The van der Waals surface area contributed by atoms with E-state index in [0.29, 0.717) is 50.9 Å². The molecule has 1 aromatic rings. The molecule has 0 bridgehead atoms. The van der Waals surface area contributed by atoms with Gasteiger partial charge >= 0.3 is 5.97 Å². The van der Waals surface area contributed by atoms with Crippen molar-refractivity contribution < 1.29 is 53.0 Å². The van der Waals surface area contributed by atoms with Crippen LogP contribution < -0.4 is 77.4 Å². The number of nitrogens with zero attached hydrogens (tertiary/aromatic N) is 3. The minimum absolute atomic E-state index is 0.0567. The van der Waals surface area contributed by atoms with Crippen molar-refractivity contribution in [1.82, 2.24) is 52.1 Å². The number of methoxy groups -OCH3 is 1. The summed E-state index contributed by atoms with van der Waals surface area (Å²) in [4.78, 5) is 133. The molecule has 29 heteroatoms. The minimum atomic E-state index is -1.56. The molecule has 8 atom stereocenters. The fourth-order valence-electron chi connectivity index (χ4n) is 7.43. The average molecular weight is 1040 g/mol. The first-order valence-corrected chi connectivity index (χ1v) is 24.3. The number of aromatic amines is 1. The summed E-state index contributed by atoms with van der Waals surface area (Å²) in [5, 5.41) is 28.0. The molecule has 0 radical (unpaired) electrons. The van der Waals surface area contributed by atoms with Gasteiger partial charge in [-0.25, -0.2) is 9.78 Å². The molecule has 1 saturated heterocycles. The molecule has 1 fully saturated rings. The van der Waals surface area contributed by atoms with E-state index in [9.17, 15) is 48.3 Å². The molecule has 410 valence electrons. The number of aliphatic hydroxyl groups excluding tert-OH is 1. The Morgan fingerprint density at radius 3 is 2.12 bits per heavy atom. The summed E-state index contributed by atoms with van der Waals surface area (Å²) in [7, 11) is 1.12. The Morgan fingerprint density at radius 1 is 0.836 bits per heavy atom. The van der Waals surface area contributed by atoms with E-state index < -0.39 is 115 Å². The van der Waals surface area contributed by atoms with Gasteiger partial charge < -0.3 is 97.1 Å². The van der Waals surface area contributed by atoms with Crippen molar-refractivity contribution in [2.75, 3.05) is 52.9 Å². The Hall–Kier alpha value is -6.79. The first-order valence-electron chi connectivity index (χ1n) is 24.3. The van der Waals surface area contributed by atoms with Crippen LogP contribution in [-0.2, 0) is 54.3 Å². The lowest BCUT2D eigenvalue weighted by atomic mass is 10.1. The number of carbonyl (C=O) groups is 9. The number of nitrogens with one attached hydrogen (secondary N) is 8. The molecule has 0 aromatic carbocycles. The topological polar surface area (TPSA) is 494 Å². The number of hydrogen-bond donors (Lipinski definition) is 16. The average Bonchev–Trinajstić information content (AvgIpc) is 4.09. The summed E-state index contributed by atoms with van der Waals surface area (Å²) < 4.78 is 4.82. The highest BCUT2D eigenvalue weighted by Gasteiger charge is 2.40. The van der Waals surface area contributed by atoms with E-state index >= 15 is 0 Å². The van der Waals surface area contributed by atoms with Gasteiger partial charge in [0.2, 0.25) is 47.3 Å². The molecule has 2 heterocycles. The predicted molar refractivity (Wildman–Crippen MR) is 266 cm³/mol. The van der Waals surface area contributed by atoms with Gasteiger partial charge in [0.25, 0.3) is 0 Å². The van der Waals surface area contributed by atoms with Gasteiger partial charge in [0, 0.05) is 37.9 Å². The molecular weight excluding hydrogens is 957 g/mol. The molecule has 1 aliphatic rings. The maximum absolute atomic E-state index is 14.2. The van der Waals surface area contributed by atoms with Gasteiger partial charge in [-0.05, 0) is 90.8 Å². The van der Waals surface area contributed by atoms with E-state index in [2.05, 4.69) is 52.2 Å². The van der Waals surface area contributed by atoms with E-state index in [1.54, 1.807) is 0 Å². The van der Waals surface area contributed by atoms with Crippen LogP contribution in [0, 0.1) is 0 Å². The number of esters is 1. The maximum Gasteiger partial charge on any atom is 0.354 e. The van der Waals surface area contributed by atoms with Gasteiger partial charge in [-0.2, -0.15) is 0 Å². The number of unbranched alkanes of at least 4 members (excludes halogenated alkanes) is 2. The molecule has 0 saturated carbocycles. The first-order chi connectivity index (χ1) is 34.8. The quantitative estimate of drug-likeness (QED) is 0.0100. The second-order valence-electron chi connectivity index (χ2n) is 17.3. The molecular formula is C44H78N18O11. The van der Waals surface area contributed by atoms with Crippen LogP contribution in [-0.4, -0.2) is 180 Å². The number of H-pyrrole nitrogens is 1. The first kappa shape index (κ1) is 62.3. The normalized spacial score (nSPS) is 16.2. The smallest absolute Gasteiger partial charge is 0.354 e. The van der Waals surface area contributed by atoms with Crippen LogP contribution >= 0.6 is 0 Å². The molecule has 1 aliphatic heterocycles. The van der Waals surface area contributed by atoms with Gasteiger partial charge in [0.1, 0.15) is 41.9 Å². The molecule has 0 spiro atoms. The van der Waals surface area contributed by atoms with E-state index in [4.69, 9.17) is 44.9 Å². The SMILES string of the molecule is COC(=O)/C(=C/CCN=C(N)N)NC(=O)[C@H](CCCCN)NC(=O)[C@H](Cc1cnc[nH]1)NC(=O)[C@@H]1CCCN1C(=O)[C@@H](CCCN)NC(=O)CNC(=O)[C@H](C)NC(=O)[C@@H](NC(=O)[C@@H](N)CCCCN)[C@@H](O)CN. The zero-order valence-electron chi connectivity index (χ0n) is 41.7. The third-order valence-corrected chi connectivity index (χ3v) is 11.5. The number of carbonyl (C=O) groups excluding carboxylic acids is 9. The molecule has 73 heavy (non-hydrogen) atoms. The Labute approximate surface area is 423 Å². The second kappa shape index (κ2) is 33.8. The van der Waals surface area contributed by atoms with Crippen molar-refractivity contribution in [3.8, 4) is 0 Å². The van der Waals surface area contributed by atoms with Gasteiger partial charge in [0.05, 0.1) is 32.1 Å². The van der Waals surface area contributed by atoms with E-state index in [1.165, 1.54) is 30.4 Å². The third kappa shape index (κ3) is 22.3. The predicted octanol–water partition coefficient (Wildman–Crippen LogP) is -7.02. The number of hydrogen-bond acceptors (Lipinski definition) is 18. The summed E-state index contributed by atoms with van der Waals surface area (Å²) in [6.45, 7) is 1.30. The summed E-state index contributed by atoms with van der Waals surface area (Å²) in [6.07, 6.45) is 6.04. The number of rotatable bonds is 34. The molecule has 0 aliphatic carbocycles. The van der Waals surface area contributed by atoms with Gasteiger partial charge in [-0.3, -0.25) is 43.3 Å². The lowest BCUT2D eigenvalue weighted by Crippen LogP contribution is -2.60. The molecule has 23 N–H and O–H groups in total. The summed E-state index contributed by atoms with van der Waals surface area (Å²) >= 11 is 0. The van der Waals surface area contributed by atoms with E-state index in [0.717, 1.165) is 7.11 Å². The van der Waals surface area contributed by atoms with Gasteiger partial charge in [-0.1, -0.05) is 12.5 Å². The molecule has 0 unspecified atom stereocenters. The Morgan fingerprint density at radius 2 is 1.51 bits per heavy atom. The summed E-state index contributed by atoms with van der Waals surface area (Å²) in [5.74, 6) is -7.20. The Kier molecular flexibility index (Phi) is 28.8. The van der Waals surface area contributed by atoms with Crippen molar-refractivity contribution in [2.24, 2.45) is 45.1 Å². The second-order valence-corrected chi connectivity index (χ2v) is 17.3. The number of guanidine groups is 1. The fraction of sp³-hybridized carbons (Fsp3) is 0.659. The Bertz CT molecular complexity index is 2020. The number of aliphatic imine (C=N–C) groups is 1. The monoisotopic (exact) mass is 1030 g/mol. The number of aromatic nitrogens is 2. The lowest BCUT2D eigenvalue weighted by molar-refractivity contribution is -0.142. The number of aliphatic hydroxyl groups is 1. The minimum Gasteiger partial charge on any atom is -0.464 e. The number of amides is 8. The zero-order chi connectivity index (χ0) is 54.5. The lowest BCUT2D eigenvalue weighted by Gasteiger charge is -2.30. The largest absolute Gasteiger partial charge is 0.464 e. The third-order valence-electron chi connectivity index (χ3n) is 11.5. The van der Waals surface area contributed by atoms with Gasteiger partial charge in [0.15, 0.2) is 5.96 Å². The van der Waals surface area contributed by atoms with Crippen LogP contribution in [0.1, 0.15) is 83.2 Å². The highest BCUT2D eigenvalue weighted by molar-refractivity contribution is 5.99. The Balaban J connectivity index is 2.21.